The molecule has 6 nitrogen and oxygen atoms in total. The molecule has 0 saturated carbocycles. The van der Waals surface area contributed by atoms with Crippen LogP contribution < -0.4 is 15.6 Å². The predicted octanol–water partition coefficient (Wildman–Crippen LogP) is 2.56. The average Bonchev–Trinajstić information content (AvgIpc) is 2.61. The largest absolute Gasteiger partial charge is 0.481 e. The van der Waals surface area contributed by atoms with Crippen molar-refractivity contribution in [2.45, 2.75) is 25.0 Å². The monoisotopic (exact) mass is 363 g/mol. The van der Waals surface area contributed by atoms with Crippen LogP contribution in [0.1, 0.15) is 24.2 Å². The number of hydrogen-bond acceptors (Lipinski definition) is 5. The molecule has 0 aliphatic carbocycles. The minimum Gasteiger partial charge on any atom is -0.481 e. The molecule has 1 aromatic carbocycles. The molecule has 2 N–H and O–H groups in total. The quantitative estimate of drug-likeness (QED) is 0.609. The summed E-state index contributed by atoms with van der Waals surface area (Å²) in [4.78, 5) is 28.2. The van der Waals surface area contributed by atoms with Crippen molar-refractivity contribution in [3.8, 4) is 5.75 Å². The third-order valence-corrected chi connectivity index (χ3v) is 3.89. The van der Waals surface area contributed by atoms with Gasteiger partial charge in [0.1, 0.15) is 11.6 Å². The van der Waals surface area contributed by atoms with Crippen LogP contribution >= 0.6 is 11.8 Å². The Kier molecular flexibility index (Phi) is 6.76. The first-order valence-electron chi connectivity index (χ1n) is 7.61. The molecule has 2 aromatic rings. The lowest BCUT2D eigenvalue weighted by Gasteiger charge is -2.15. The summed E-state index contributed by atoms with van der Waals surface area (Å²) in [6.45, 7) is 3.51. The Morgan fingerprint density at radius 2 is 1.96 bits per heavy atom. The van der Waals surface area contributed by atoms with Crippen LogP contribution in [0.25, 0.3) is 0 Å². The molecule has 8 heteroatoms. The molecule has 1 unspecified atom stereocenters. The van der Waals surface area contributed by atoms with E-state index in [4.69, 9.17) is 4.74 Å². The van der Waals surface area contributed by atoms with E-state index in [0.29, 0.717) is 11.3 Å². The number of carbonyl (C=O) groups excluding carboxylic acids is 2. The van der Waals surface area contributed by atoms with E-state index in [1.807, 2.05) is 6.92 Å². The highest BCUT2D eigenvalue weighted by Gasteiger charge is 2.16. The molecule has 0 spiro atoms. The number of amides is 2. The molecule has 2 rings (SSSR count). The average molecular weight is 363 g/mol. The zero-order chi connectivity index (χ0) is 18.2. The number of hydrazine groups is 1. The highest BCUT2D eigenvalue weighted by Crippen LogP contribution is 2.15. The third kappa shape index (κ3) is 5.75. The zero-order valence-corrected chi connectivity index (χ0v) is 14.6. The molecule has 0 bridgehead atoms. The van der Waals surface area contributed by atoms with E-state index in [1.165, 1.54) is 49.1 Å². The van der Waals surface area contributed by atoms with Crippen LogP contribution in [0.4, 0.5) is 4.39 Å². The van der Waals surface area contributed by atoms with Crippen LogP contribution in [0.2, 0.25) is 0 Å². The number of pyridine rings is 1. The Morgan fingerprint density at radius 3 is 2.64 bits per heavy atom. The maximum atomic E-state index is 12.8. The van der Waals surface area contributed by atoms with Gasteiger partial charge in [-0.1, -0.05) is 6.92 Å². The van der Waals surface area contributed by atoms with Gasteiger partial charge in [-0.05, 0) is 49.1 Å². The van der Waals surface area contributed by atoms with Crippen molar-refractivity contribution in [3.05, 3.63) is 54.0 Å². The van der Waals surface area contributed by atoms with E-state index in [9.17, 15) is 14.0 Å². The number of aromatic nitrogens is 1. The molecular formula is C17H18FN3O3S. The summed E-state index contributed by atoms with van der Waals surface area (Å²) in [7, 11) is 0. The van der Waals surface area contributed by atoms with Gasteiger partial charge in [-0.15, -0.1) is 11.8 Å². The number of nitrogens with zero attached hydrogens (tertiary/aromatic N) is 1. The number of halogens is 1. The van der Waals surface area contributed by atoms with Crippen LogP contribution in [0.3, 0.4) is 0 Å². The molecule has 0 radical (unpaired) electrons. The van der Waals surface area contributed by atoms with E-state index < -0.39 is 23.7 Å². The van der Waals surface area contributed by atoms with Crippen LogP contribution in [0.5, 0.6) is 5.75 Å². The number of benzene rings is 1. The van der Waals surface area contributed by atoms with Gasteiger partial charge in [0.2, 0.25) is 0 Å². The van der Waals surface area contributed by atoms with Crippen molar-refractivity contribution in [2.24, 2.45) is 0 Å². The van der Waals surface area contributed by atoms with Crippen molar-refractivity contribution >= 4 is 23.6 Å². The van der Waals surface area contributed by atoms with Gasteiger partial charge < -0.3 is 4.74 Å². The maximum Gasteiger partial charge on any atom is 0.279 e. The first kappa shape index (κ1) is 18.7. The van der Waals surface area contributed by atoms with Crippen molar-refractivity contribution < 1.29 is 18.7 Å². The normalized spacial score (nSPS) is 11.5. The molecule has 0 aliphatic rings. The number of carbonyl (C=O) groups is 2. The van der Waals surface area contributed by atoms with E-state index in [1.54, 1.807) is 12.1 Å². The summed E-state index contributed by atoms with van der Waals surface area (Å²) >= 11 is 1.51. The van der Waals surface area contributed by atoms with Crippen LogP contribution in [0, 0.1) is 5.82 Å². The fourth-order valence-corrected chi connectivity index (χ4v) is 2.48. The molecule has 132 valence electrons. The molecule has 25 heavy (non-hydrogen) atoms. The minimum atomic E-state index is -0.866. The third-order valence-electron chi connectivity index (χ3n) is 3.08. The minimum absolute atomic E-state index is 0.353. The molecule has 1 aromatic heterocycles. The first-order valence-corrected chi connectivity index (χ1v) is 8.59. The topological polar surface area (TPSA) is 80.3 Å². The molecule has 0 aliphatic heterocycles. The molecule has 1 heterocycles. The summed E-state index contributed by atoms with van der Waals surface area (Å²) < 4.78 is 18.2. The molecule has 2 amide bonds. The molecule has 1 atom stereocenters. The molecule has 0 fully saturated rings. The second-order valence-electron chi connectivity index (χ2n) is 4.97. The fourth-order valence-electron chi connectivity index (χ4n) is 1.84. The second-order valence-corrected chi connectivity index (χ2v) is 6.26. The number of hydrogen-bond donors (Lipinski definition) is 2. The van der Waals surface area contributed by atoms with Gasteiger partial charge in [-0.2, -0.15) is 0 Å². The standard InChI is InChI=1S/C17H18FN3O3S/c1-3-25-15-10-12(8-9-19-15)17(23)21-20-16(22)11(2)24-14-6-4-13(18)5-7-14/h4-11H,3H2,1-2H3,(H,20,22)(H,21,23). The van der Waals surface area contributed by atoms with Crippen LogP contribution in [0.15, 0.2) is 47.6 Å². The van der Waals surface area contributed by atoms with Gasteiger partial charge in [0.15, 0.2) is 6.10 Å². The zero-order valence-electron chi connectivity index (χ0n) is 13.8. The van der Waals surface area contributed by atoms with Crippen LogP contribution in [-0.4, -0.2) is 28.7 Å². The van der Waals surface area contributed by atoms with Crippen molar-refractivity contribution in [2.75, 3.05) is 5.75 Å². The summed E-state index contributed by atoms with van der Waals surface area (Å²) in [6.07, 6.45) is 0.670. The molecular weight excluding hydrogens is 345 g/mol. The van der Waals surface area contributed by atoms with E-state index in [0.717, 1.165) is 10.8 Å². The Balaban J connectivity index is 1.86. The Bertz CT molecular complexity index is 740. The maximum absolute atomic E-state index is 12.8. The lowest BCUT2D eigenvalue weighted by molar-refractivity contribution is -0.128. The Morgan fingerprint density at radius 1 is 1.24 bits per heavy atom. The van der Waals surface area contributed by atoms with Gasteiger partial charge >= 0.3 is 0 Å². The van der Waals surface area contributed by atoms with Crippen LogP contribution in [-0.2, 0) is 4.79 Å². The smallest absolute Gasteiger partial charge is 0.279 e. The highest BCUT2D eigenvalue weighted by molar-refractivity contribution is 7.99. The number of thioether (sulfide) groups is 1. The number of nitrogens with one attached hydrogen (secondary N) is 2. The van der Waals surface area contributed by atoms with E-state index >= 15 is 0 Å². The van der Waals surface area contributed by atoms with Crippen molar-refractivity contribution in [3.63, 3.8) is 0 Å². The van der Waals surface area contributed by atoms with E-state index in [-0.39, 0.29) is 0 Å². The Hall–Kier alpha value is -2.61. The van der Waals surface area contributed by atoms with Crippen molar-refractivity contribution in [1.82, 2.24) is 15.8 Å². The second kappa shape index (κ2) is 9.03. The molecule has 0 saturated heterocycles. The predicted molar refractivity (Wildman–Crippen MR) is 92.7 cm³/mol. The Labute approximate surface area is 149 Å². The number of ether oxygens (including phenoxy) is 1. The first-order chi connectivity index (χ1) is 12.0. The van der Waals surface area contributed by atoms with Gasteiger partial charge in [0.05, 0.1) is 5.03 Å². The lowest BCUT2D eigenvalue weighted by atomic mass is 10.2. The highest BCUT2D eigenvalue weighted by atomic mass is 32.2. The summed E-state index contributed by atoms with van der Waals surface area (Å²) in [5.74, 6) is -0.189. The summed E-state index contributed by atoms with van der Waals surface area (Å²) in [5.41, 5.74) is 5.01. The SMILES string of the molecule is CCSc1cc(C(=O)NNC(=O)C(C)Oc2ccc(F)cc2)ccn1. The van der Waals surface area contributed by atoms with Crippen molar-refractivity contribution in [1.29, 1.82) is 0 Å². The fraction of sp³-hybridized carbons (Fsp3) is 0.235. The van der Waals surface area contributed by atoms with Gasteiger partial charge in [-0.25, -0.2) is 9.37 Å². The summed E-state index contributed by atoms with van der Waals surface area (Å²) in [6, 6.07) is 8.51. The lowest BCUT2D eigenvalue weighted by Crippen LogP contribution is -2.47. The van der Waals surface area contributed by atoms with Gasteiger partial charge in [0, 0.05) is 11.8 Å². The summed E-state index contributed by atoms with van der Waals surface area (Å²) in [5, 5.41) is 0.731. The van der Waals surface area contributed by atoms with Gasteiger partial charge in [0.25, 0.3) is 11.8 Å². The number of rotatable bonds is 6. The van der Waals surface area contributed by atoms with Gasteiger partial charge in [-0.3, -0.25) is 20.4 Å². The van der Waals surface area contributed by atoms with E-state index in [2.05, 4.69) is 15.8 Å².